The first-order valence-corrected chi connectivity index (χ1v) is 5.44. The van der Waals surface area contributed by atoms with Crippen molar-refractivity contribution >= 4 is 0 Å². The van der Waals surface area contributed by atoms with Crippen molar-refractivity contribution in [3.8, 4) is 0 Å². The molecule has 1 fully saturated rings. The third-order valence-corrected chi connectivity index (χ3v) is 3.01. The van der Waals surface area contributed by atoms with Crippen LogP contribution in [0, 0.1) is 17.6 Å². The lowest BCUT2D eigenvalue weighted by Gasteiger charge is -2.12. The first kappa shape index (κ1) is 11.5. The van der Waals surface area contributed by atoms with Crippen LogP contribution >= 0.6 is 0 Å². The van der Waals surface area contributed by atoms with E-state index >= 15 is 0 Å². The zero-order chi connectivity index (χ0) is 11.7. The average Bonchev–Trinajstić information content (AvgIpc) is 2.95. The smallest absolute Gasteiger partial charge is 0.159 e. The SMILES string of the molecule is CC1CC1NCC(O)c1ccc(F)c(F)c1. The number of nitrogens with one attached hydrogen (secondary N) is 1. The predicted molar refractivity (Wildman–Crippen MR) is 56.9 cm³/mol. The number of hydrogen-bond acceptors (Lipinski definition) is 2. The zero-order valence-corrected chi connectivity index (χ0v) is 9.08. The van der Waals surface area contributed by atoms with Gasteiger partial charge >= 0.3 is 0 Å². The van der Waals surface area contributed by atoms with Crippen molar-refractivity contribution in [1.82, 2.24) is 5.32 Å². The molecular formula is C12H15F2NO. The lowest BCUT2D eigenvalue weighted by Crippen LogP contribution is -2.24. The molecule has 1 aromatic rings. The maximum Gasteiger partial charge on any atom is 0.159 e. The van der Waals surface area contributed by atoms with Crippen molar-refractivity contribution in [1.29, 1.82) is 0 Å². The van der Waals surface area contributed by atoms with Gasteiger partial charge in [-0.2, -0.15) is 0 Å². The Morgan fingerprint density at radius 3 is 2.69 bits per heavy atom. The zero-order valence-electron chi connectivity index (χ0n) is 9.08. The van der Waals surface area contributed by atoms with Gasteiger partial charge in [-0.1, -0.05) is 13.0 Å². The minimum atomic E-state index is -0.920. The van der Waals surface area contributed by atoms with Crippen LogP contribution < -0.4 is 5.32 Å². The van der Waals surface area contributed by atoms with Crippen LogP contribution in [0.1, 0.15) is 25.0 Å². The maximum atomic E-state index is 12.9. The molecule has 1 aliphatic carbocycles. The molecule has 16 heavy (non-hydrogen) atoms. The lowest BCUT2D eigenvalue weighted by molar-refractivity contribution is 0.173. The summed E-state index contributed by atoms with van der Waals surface area (Å²) in [5.41, 5.74) is 0.403. The summed E-state index contributed by atoms with van der Waals surface area (Å²) in [6.45, 7) is 2.50. The molecule has 2 rings (SSSR count). The van der Waals surface area contributed by atoms with Crippen LogP contribution in [0.15, 0.2) is 18.2 Å². The van der Waals surface area contributed by atoms with E-state index in [4.69, 9.17) is 0 Å². The summed E-state index contributed by atoms with van der Waals surface area (Å²) in [6.07, 6.45) is 0.327. The van der Waals surface area contributed by atoms with Crippen LogP contribution in [-0.4, -0.2) is 17.7 Å². The molecule has 0 saturated heterocycles. The number of aliphatic hydroxyl groups is 1. The Bertz CT molecular complexity index is 383. The molecule has 0 aromatic heterocycles. The fourth-order valence-electron chi connectivity index (χ4n) is 1.71. The molecule has 1 aliphatic rings. The molecule has 1 aromatic carbocycles. The molecule has 4 heteroatoms. The molecule has 3 unspecified atom stereocenters. The van der Waals surface area contributed by atoms with Crippen LogP contribution in [-0.2, 0) is 0 Å². The van der Waals surface area contributed by atoms with Crippen LogP contribution in [0.3, 0.4) is 0 Å². The Morgan fingerprint density at radius 1 is 1.44 bits per heavy atom. The summed E-state index contributed by atoms with van der Waals surface area (Å²) in [5, 5.41) is 12.9. The summed E-state index contributed by atoms with van der Waals surface area (Å²) in [6, 6.07) is 3.94. The number of halogens is 2. The number of aliphatic hydroxyl groups excluding tert-OH is 1. The lowest BCUT2D eigenvalue weighted by atomic mass is 10.1. The Hall–Kier alpha value is -1.00. The fourth-order valence-corrected chi connectivity index (χ4v) is 1.71. The molecule has 0 radical (unpaired) electrons. The van der Waals surface area contributed by atoms with Crippen molar-refractivity contribution in [2.75, 3.05) is 6.54 Å². The molecular weight excluding hydrogens is 212 g/mol. The van der Waals surface area contributed by atoms with E-state index in [0.717, 1.165) is 18.6 Å². The summed E-state index contributed by atoms with van der Waals surface area (Å²) in [5.74, 6) is -1.16. The van der Waals surface area contributed by atoms with Crippen molar-refractivity contribution < 1.29 is 13.9 Å². The van der Waals surface area contributed by atoms with Gasteiger partial charge in [-0.3, -0.25) is 0 Å². The second-order valence-corrected chi connectivity index (χ2v) is 4.42. The van der Waals surface area contributed by atoms with Gasteiger partial charge in [0, 0.05) is 12.6 Å². The average molecular weight is 227 g/mol. The summed E-state index contributed by atoms with van der Waals surface area (Å²) in [4.78, 5) is 0. The van der Waals surface area contributed by atoms with E-state index in [0.29, 0.717) is 24.1 Å². The van der Waals surface area contributed by atoms with E-state index in [1.165, 1.54) is 6.07 Å². The molecule has 0 aliphatic heterocycles. The van der Waals surface area contributed by atoms with Gasteiger partial charge in [-0.25, -0.2) is 8.78 Å². The van der Waals surface area contributed by atoms with Crippen molar-refractivity contribution in [2.24, 2.45) is 5.92 Å². The summed E-state index contributed by atoms with van der Waals surface area (Å²) in [7, 11) is 0. The normalized spacial score (nSPS) is 25.5. The van der Waals surface area contributed by atoms with Gasteiger partial charge < -0.3 is 10.4 Å². The Balaban J connectivity index is 1.92. The van der Waals surface area contributed by atoms with Gasteiger partial charge in [0.2, 0.25) is 0 Å². The van der Waals surface area contributed by atoms with Crippen molar-refractivity contribution in [3.05, 3.63) is 35.4 Å². The summed E-state index contributed by atoms with van der Waals surface area (Å²) < 4.78 is 25.6. The van der Waals surface area contributed by atoms with Crippen molar-refractivity contribution in [2.45, 2.75) is 25.5 Å². The third kappa shape index (κ3) is 2.57. The van der Waals surface area contributed by atoms with Gasteiger partial charge in [0.15, 0.2) is 11.6 Å². The monoisotopic (exact) mass is 227 g/mol. The minimum absolute atomic E-state index is 0.375. The molecule has 0 spiro atoms. The molecule has 1 saturated carbocycles. The molecule has 2 nitrogen and oxygen atoms in total. The Labute approximate surface area is 93.3 Å². The molecule has 2 N–H and O–H groups in total. The van der Waals surface area contributed by atoms with Crippen molar-refractivity contribution in [3.63, 3.8) is 0 Å². The predicted octanol–water partition coefficient (Wildman–Crippen LogP) is 2.00. The highest BCUT2D eigenvalue weighted by Gasteiger charge is 2.32. The number of hydrogen-bond donors (Lipinski definition) is 2. The van der Waals surface area contributed by atoms with E-state index in [1.807, 2.05) is 0 Å². The van der Waals surface area contributed by atoms with E-state index in [1.54, 1.807) is 0 Å². The van der Waals surface area contributed by atoms with Gasteiger partial charge in [0.05, 0.1) is 6.10 Å². The number of benzene rings is 1. The third-order valence-electron chi connectivity index (χ3n) is 3.01. The first-order valence-electron chi connectivity index (χ1n) is 5.44. The Kier molecular flexibility index (Phi) is 3.21. The first-order chi connectivity index (χ1) is 7.58. The molecule has 88 valence electrons. The Morgan fingerprint density at radius 2 is 2.12 bits per heavy atom. The standard InChI is InChI=1S/C12H15F2NO/c1-7-4-11(7)15-6-12(16)8-2-3-9(13)10(14)5-8/h2-3,5,7,11-12,15-16H,4,6H2,1H3. The van der Waals surface area contributed by atoms with Crippen LogP contribution in [0.2, 0.25) is 0 Å². The second-order valence-electron chi connectivity index (χ2n) is 4.42. The van der Waals surface area contributed by atoms with Crippen LogP contribution in [0.25, 0.3) is 0 Å². The molecule has 0 bridgehead atoms. The summed E-state index contributed by atoms with van der Waals surface area (Å²) >= 11 is 0. The molecule has 0 amide bonds. The van der Waals surface area contributed by atoms with Crippen LogP contribution in [0.5, 0.6) is 0 Å². The van der Waals surface area contributed by atoms with E-state index < -0.39 is 17.7 Å². The van der Waals surface area contributed by atoms with Gasteiger partial charge in [-0.15, -0.1) is 0 Å². The van der Waals surface area contributed by atoms with Gasteiger partial charge in [0.25, 0.3) is 0 Å². The largest absolute Gasteiger partial charge is 0.387 e. The van der Waals surface area contributed by atoms with Gasteiger partial charge in [-0.05, 0) is 30.0 Å². The highest BCUT2D eigenvalue weighted by molar-refractivity contribution is 5.20. The molecule has 3 atom stereocenters. The van der Waals surface area contributed by atoms with E-state index in [-0.39, 0.29) is 0 Å². The highest BCUT2D eigenvalue weighted by Crippen LogP contribution is 2.29. The minimum Gasteiger partial charge on any atom is -0.387 e. The highest BCUT2D eigenvalue weighted by atomic mass is 19.2. The van der Waals surface area contributed by atoms with Crippen LogP contribution in [0.4, 0.5) is 8.78 Å². The topological polar surface area (TPSA) is 32.3 Å². The quantitative estimate of drug-likeness (QED) is 0.824. The fraction of sp³-hybridized carbons (Fsp3) is 0.500. The van der Waals surface area contributed by atoms with E-state index in [2.05, 4.69) is 12.2 Å². The number of rotatable bonds is 4. The second kappa shape index (κ2) is 4.47. The van der Waals surface area contributed by atoms with Gasteiger partial charge in [0.1, 0.15) is 0 Å². The maximum absolute atomic E-state index is 12.9. The molecule has 0 heterocycles. The van der Waals surface area contributed by atoms with E-state index in [9.17, 15) is 13.9 Å².